The predicted molar refractivity (Wildman–Crippen MR) is 101 cm³/mol. The van der Waals surface area contributed by atoms with Crippen molar-refractivity contribution in [2.75, 3.05) is 6.61 Å². The van der Waals surface area contributed by atoms with Crippen LogP contribution in [0.5, 0.6) is 0 Å². The number of carboxylic acid groups (broad SMARTS) is 1. The van der Waals surface area contributed by atoms with Gasteiger partial charge in [-0.2, -0.15) is 0 Å². The number of rotatable bonds is 18. The van der Waals surface area contributed by atoms with Gasteiger partial charge in [0.05, 0.1) is 0 Å². The Bertz CT molecular complexity index is 358. The van der Waals surface area contributed by atoms with Crippen molar-refractivity contribution in [3.63, 3.8) is 0 Å². The molecular weight excluding hydrogens is 336 g/mol. The van der Waals surface area contributed by atoms with Crippen molar-refractivity contribution < 1.29 is 29.6 Å². The molecule has 0 radical (unpaired) electrons. The summed E-state index contributed by atoms with van der Waals surface area (Å²) in [4.78, 5) is 21.8. The minimum absolute atomic E-state index is 0.311. The molecular formula is C20H38O6. The first-order chi connectivity index (χ1) is 12.5. The Balaban J connectivity index is 3.44. The van der Waals surface area contributed by atoms with Crippen molar-refractivity contribution >= 4 is 11.9 Å². The minimum Gasteiger partial charge on any atom is -0.478 e. The van der Waals surface area contributed by atoms with E-state index >= 15 is 0 Å². The molecule has 0 spiro atoms. The molecule has 6 heteroatoms. The van der Waals surface area contributed by atoms with Crippen molar-refractivity contribution in [2.45, 2.75) is 109 Å². The fourth-order valence-electron chi connectivity index (χ4n) is 3.03. The van der Waals surface area contributed by atoms with E-state index in [1.807, 2.05) is 0 Å². The van der Waals surface area contributed by atoms with Gasteiger partial charge in [0.15, 0.2) is 0 Å². The van der Waals surface area contributed by atoms with Crippen molar-refractivity contribution in [2.24, 2.45) is 0 Å². The number of hydrogen-bond acceptors (Lipinski definition) is 5. The Kier molecular flexibility index (Phi) is 16.5. The maximum atomic E-state index is 11.0. The van der Waals surface area contributed by atoms with E-state index in [1.165, 1.54) is 51.4 Å². The molecule has 2 atom stereocenters. The van der Waals surface area contributed by atoms with Crippen LogP contribution in [0.15, 0.2) is 0 Å². The lowest BCUT2D eigenvalue weighted by Crippen LogP contribution is -2.37. The molecule has 0 heterocycles. The molecule has 0 aliphatic carbocycles. The number of carboxylic acids is 1. The number of ether oxygens (including phenoxy) is 1. The second-order valence-electron chi connectivity index (χ2n) is 7.04. The fraction of sp³-hybridized carbons (Fsp3) is 0.900. The third-order valence-electron chi connectivity index (χ3n) is 4.54. The summed E-state index contributed by atoms with van der Waals surface area (Å²) in [6.45, 7) is 1.45. The van der Waals surface area contributed by atoms with Gasteiger partial charge in [0.25, 0.3) is 0 Å². The molecule has 0 rings (SSSR count). The molecule has 6 nitrogen and oxygen atoms in total. The van der Waals surface area contributed by atoms with Crippen LogP contribution in [0.3, 0.4) is 0 Å². The third kappa shape index (κ3) is 15.1. The zero-order chi connectivity index (χ0) is 19.6. The van der Waals surface area contributed by atoms with Crippen molar-refractivity contribution in [1.29, 1.82) is 0 Å². The van der Waals surface area contributed by atoms with E-state index in [2.05, 4.69) is 4.74 Å². The van der Waals surface area contributed by atoms with Crippen LogP contribution in [0.25, 0.3) is 0 Å². The van der Waals surface area contributed by atoms with Gasteiger partial charge < -0.3 is 20.1 Å². The zero-order valence-corrected chi connectivity index (χ0v) is 16.3. The molecule has 3 N–H and O–H groups in total. The Morgan fingerprint density at radius 2 is 1.15 bits per heavy atom. The summed E-state index contributed by atoms with van der Waals surface area (Å²) in [5.41, 5.74) is 0. The van der Waals surface area contributed by atoms with Crippen molar-refractivity contribution in [3.05, 3.63) is 0 Å². The fourth-order valence-corrected chi connectivity index (χ4v) is 3.03. The van der Waals surface area contributed by atoms with Crippen LogP contribution < -0.4 is 0 Å². The standard InChI is InChI=1S/C20H38O6/c1-17(22)26-19(20(24)25)18(23)15-13-11-9-7-5-3-2-4-6-8-10-12-14-16-21/h18-19,21,23H,2-16H2,1H3,(H,24,25). The lowest BCUT2D eigenvalue weighted by molar-refractivity contribution is -0.170. The number of aliphatic carboxylic acids is 1. The van der Waals surface area contributed by atoms with Crippen LogP contribution in [0.1, 0.15) is 96.8 Å². The molecule has 0 fully saturated rings. The SMILES string of the molecule is CC(=O)OC(C(=O)O)C(O)CCCCCCCCCCCCCCCO. The molecule has 0 amide bonds. The summed E-state index contributed by atoms with van der Waals surface area (Å²) < 4.78 is 4.64. The molecule has 26 heavy (non-hydrogen) atoms. The highest BCUT2D eigenvalue weighted by molar-refractivity contribution is 5.77. The topological polar surface area (TPSA) is 104 Å². The Morgan fingerprint density at radius 1 is 0.769 bits per heavy atom. The molecule has 154 valence electrons. The average molecular weight is 375 g/mol. The van der Waals surface area contributed by atoms with Crippen LogP contribution in [-0.2, 0) is 14.3 Å². The second-order valence-corrected chi connectivity index (χ2v) is 7.04. The molecule has 0 aromatic carbocycles. The first kappa shape index (κ1) is 24.9. The second kappa shape index (κ2) is 17.3. The van der Waals surface area contributed by atoms with Crippen LogP contribution in [0.2, 0.25) is 0 Å². The van der Waals surface area contributed by atoms with Gasteiger partial charge in [-0.25, -0.2) is 4.79 Å². The number of hydrogen-bond donors (Lipinski definition) is 3. The monoisotopic (exact) mass is 374 g/mol. The first-order valence-electron chi connectivity index (χ1n) is 10.2. The maximum Gasteiger partial charge on any atom is 0.347 e. The van der Waals surface area contributed by atoms with E-state index in [1.54, 1.807) is 0 Å². The van der Waals surface area contributed by atoms with E-state index in [-0.39, 0.29) is 0 Å². The predicted octanol–water partition coefficient (Wildman–Crippen LogP) is 3.82. The number of carbonyl (C=O) groups excluding carboxylic acids is 1. The van der Waals surface area contributed by atoms with Gasteiger partial charge in [-0.15, -0.1) is 0 Å². The summed E-state index contributed by atoms with van der Waals surface area (Å²) in [5, 5.41) is 27.5. The zero-order valence-electron chi connectivity index (χ0n) is 16.3. The third-order valence-corrected chi connectivity index (χ3v) is 4.54. The van der Waals surface area contributed by atoms with Crippen LogP contribution in [-0.4, -0.2) is 46.1 Å². The number of unbranched alkanes of at least 4 members (excludes halogenated alkanes) is 12. The normalized spacial score (nSPS) is 13.3. The number of aliphatic hydroxyl groups is 2. The van der Waals surface area contributed by atoms with Gasteiger partial charge in [-0.3, -0.25) is 4.79 Å². The van der Waals surface area contributed by atoms with Gasteiger partial charge in [0, 0.05) is 13.5 Å². The van der Waals surface area contributed by atoms with E-state index in [0.29, 0.717) is 13.0 Å². The summed E-state index contributed by atoms with van der Waals surface area (Å²) >= 11 is 0. The van der Waals surface area contributed by atoms with Gasteiger partial charge >= 0.3 is 11.9 Å². The van der Waals surface area contributed by atoms with Gasteiger partial charge in [-0.1, -0.05) is 77.0 Å². The highest BCUT2D eigenvalue weighted by Gasteiger charge is 2.28. The largest absolute Gasteiger partial charge is 0.478 e. The summed E-state index contributed by atoms with van der Waals surface area (Å²) in [6, 6.07) is 0. The van der Waals surface area contributed by atoms with Gasteiger partial charge in [0.2, 0.25) is 6.10 Å². The summed E-state index contributed by atoms with van der Waals surface area (Å²) in [5.74, 6) is -2.00. The lowest BCUT2D eigenvalue weighted by atomic mass is 10.0. The Morgan fingerprint density at radius 3 is 1.50 bits per heavy atom. The maximum absolute atomic E-state index is 11.0. The Labute approximate surface area is 157 Å². The molecule has 0 aromatic heterocycles. The van der Waals surface area contributed by atoms with Crippen LogP contribution in [0, 0.1) is 0 Å². The van der Waals surface area contributed by atoms with Gasteiger partial charge in [-0.05, 0) is 12.8 Å². The molecule has 0 aliphatic heterocycles. The van der Waals surface area contributed by atoms with Crippen molar-refractivity contribution in [3.8, 4) is 0 Å². The smallest absolute Gasteiger partial charge is 0.347 e. The van der Waals surface area contributed by atoms with E-state index in [9.17, 15) is 14.7 Å². The van der Waals surface area contributed by atoms with Gasteiger partial charge in [0.1, 0.15) is 6.10 Å². The average Bonchev–Trinajstić information content (AvgIpc) is 2.59. The molecule has 0 saturated heterocycles. The molecule has 0 saturated carbocycles. The van der Waals surface area contributed by atoms with E-state index in [0.717, 1.165) is 39.0 Å². The molecule has 2 unspecified atom stereocenters. The summed E-state index contributed by atoms with van der Waals surface area (Å²) in [7, 11) is 0. The first-order valence-corrected chi connectivity index (χ1v) is 10.2. The molecule has 0 bridgehead atoms. The Hall–Kier alpha value is -1.14. The van der Waals surface area contributed by atoms with Crippen molar-refractivity contribution in [1.82, 2.24) is 0 Å². The van der Waals surface area contributed by atoms with Crippen LogP contribution in [0.4, 0.5) is 0 Å². The van der Waals surface area contributed by atoms with E-state index in [4.69, 9.17) is 10.2 Å². The lowest BCUT2D eigenvalue weighted by Gasteiger charge is -2.18. The number of carbonyl (C=O) groups is 2. The quantitative estimate of drug-likeness (QED) is 0.249. The molecule has 0 aliphatic rings. The summed E-state index contributed by atoms with van der Waals surface area (Å²) in [6.07, 6.45) is 12.6. The number of esters is 1. The minimum atomic E-state index is -1.46. The number of aliphatic hydroxyl groups excluding tert-OH is 2. The van der Waals surface area contributed by atoms with Crippen LogP contribution >= 0.6 is 0 Å². The highest BCUT2D eigenvalue weighted by Crippen LogP contribution is 2.15. The van der Waals surface area contributed by atoms with E-state index < -0.39 is 24.1 Å². The highest BCUT2D eigenvalue weighted by atomic mass is 16.6. The molecule has 0 aromatic rings.